The molecule has 0 radical (unpaired) electrons. The van der Waals surface area contributed by atoms with E-state index in [0.717, 1.165) is 12.8 Å². The van der Waals surface area contributed by atoms with Crippen molar-refractivity contribution in [1.29, 1.82) is 0 Å². The molecule has 0 bridgehead atoms. The van der Waals surface area contributed by atoms with Gasteiger partial charge in [0.25, 0.3) is 0 Å². The Hall–Kier alpha value is -1.30. The summed E-state index contributed by atoms with van der Waals surface area (Å²) >= 11 is 0. The summed E-state index contributed by atoms with van der Waals surface area (Å²) in [5.41, 5.74) is 5.73. The Bertz CT molecular complexity index is 396. The molecule has 0 atom stereocenters. The first kappa shape index (κ1) is 13.8. The molecule has 92 valence electrons. The average Bonchev–Trinajstić information content (AvgIpc) is 2.32. The summed E-state index contributed by atoms with van der Waals surface area (Å²) in [7, 11) is 0. The van der Waals surface area contributed by atoms with Crippen molar-refractivity contribution in [3.8, 4) is 0 Å². The van der Waals surface area contributed by atoms with Gasteiger partial charge in [-0.15, -0.1) is 6.58 Å². The molecule has 0 saturated carbocycles. The van der Waals surface area contributed by atoms with E-state index >= 15 is 0 Å². The number of hydrogen-bond donors (Lipinski definition) is 0. The first-order valence-corrected chi connectivity index (χ1v) is 6.61. The van der Waals surface area contributed by atoms with Gasteiger partial charge in [0.15, 0.2) is 0 Å². The van der Waals surface area contributed by atoms with Crippen molar-refractivity contribution >= 4 is 6.08 Å². The SMILES string of the molecule is C=CCc1c(C=C(C)CCC)cccc1CC. The van der Waals surface area contributed by atoms with E-state index in [9.17, 15) is 0 Å². The highest BCUT2D eigenvalue weighted by atomic mass is 14.1. The van der Waals surface area contributed by atoms with Crippen LogP contribution in [-0.2, 0) is 12.8 Å². The molecule has 0 aliphatic rings. The molecule has 0 fully saturated rings. The van der Waals surface area contributed by atoms with E-state index < -0.39 is 0 Å². The Morgan fingerprint density at radius 2 is 2.06 bits per heavy atom. The smallest absolute Gasteiger partial charge is 0.00915 e. The molecule has 1 aromatic rings. The van der Waals surface area contributed by atoms with Crippen molar-refractivity contribution in [2.24, 2.45) is 0 Å². The van der Waals surface area contributed by atoms with Gasteiger partial charge in [-0.05, 0) is 42.9 Å². The van der Waals surface area contributed by atoms with Crippen molar-refractivity contribution in [2.45, 2.75) is 46.5 Å². The molecule has 0 saturated heterocycles. The van der Waals surface area contributed by atoms with Crippen LogP contribution in [0, 0.1) is 0 Å². The molecule has 1 rings (SSSR count). The fraction of sp³-hybridized carbons (Fsp3) is 0.412. The molecule has 0 spiro atoms. The zero-order valence-corrected chi connectivity index (χ0v) is 11.4. The molecule has 0 heterocycles. The predicted molar refractivity (Wildman–Crippen MR) is 78.3 cm³/mol. The van der Waals surface area contributed by atoms with E-state index in [4.69, 9.17) is 0 Å². The number of aryl methyl sites for hydroxylation is 1. The second kappa shape index (κ2) is 7.11. The topological polar surface area (TPSA) is 0 Å². The summed E-state index contributed by atoms with van der Waals surface area (Å²) in [4.78, 5) is 0. The lowest BCUT2D eigenvalue weighted by Crippen LogP contribution is -1.95. The first-order valence-electron chi connectivity index (χ1n) is 6.61. The van der Waals surface area contributed by atoms with Crippen LogP contribution in [0.4, 0.5) is 0 Å². The summed E-state index contributed by atoms with van der Waals surface area (Å²) in [6.07, 6.45) is 8.80. The van der Waals surface area contributed by atoms with Crippen LogP contribution in [0.25, 0.3) is 6.08 Å². The summed E-state index contributed by atoms with van der Waals surface area (Å²) in [6, 6.07) is 6.61. The van der Waals surface area contributed by atoms with Crippen LogP contribution in [0.2, 0.25) is 0 Å². The van der Waals surface area contributed by atoms with Crippen molar-refractivity contribution in [3.05, 3.63) is 53.1 Å². The summed E-state index contributed by atoms with van der Waals surface area (Å²) in [6.45, 7) is 10.5. The molecule has 0 aromatic heterocycles. The summed E-state index contributed by atoms with van der Waals surface area (Å²) in [5, 5.41) is 0. The van der Waals surface area contributed by atoms with Gasteiger partial charge in [0.1, 0.15) is 0 Å². The van der Waals surface area contributed by atoms with E-state index in [2.05, 4.69) is 51.6 Å². The molecule has 0 heteroatoms. The standard InChI is InChI=1S/C17H24/c1-5-9-14(4)13-16-12-8-11-15(7-3)17(16)10-6-2/h6,8,11-13H,2,5,7,9-10H2,1,3-4H3. The van der Waals surface area contributed by atoms with E-state index in [-0.39, 0.29) is 0 Å². The molecule has 17 heavy (non-hydrogen) atoms. The zero-order valence-electron chi connectivity index (χ0n) is 11.4. The van der Waals surface area contributed by atoms with Crippen molar-refractivity contribution in [2.75, 3.05) is 0 Å². The maximum absolute atomic E-state index is 3.87. The minimum Gasteiger partial charge on any atom is -0.103 e. The molecular formula is C17H24. The largest absolute Gasteiger partial charge is 0.103 e. The Kier molecular flexibility index (Phi) is 5.76. The minimum absolute atomic E-state index is 0.968. The molecule has 0 amide bonds. The van der Waals surface area contributed by atoms with Crippen LogP contribution >= 0.6 is 0 Å². The van der Waals surface area contributed by atoms with Gasteiger partial charge in [-0.2, -0.15) is 0 Å². The molecule has 0 aliphatic heterocycles. The molecule has 0 N–H and O–H groups in total. The van der Waals surface area contributed by atoms with Gasteiger partial charge in [-0.3, -0.25) is 0 Å². The van der Waals surface area contributed by atoms with Gasteiger partial charge in [-0.1, -0.05) is 56.2 Å². The maximum Gasteiger partial charge on any atom is -0.00915 e. The Labute approximate surface area is 106 Å². The van der Waals surface area contributed by atoms with Gasteiger partial charge in [0.2, 0.25) is 0 Å². The van der Waals surface area contributed by atoms with E-state index in [1.54, 1.807) is 0 Å². The predicted octanol–water partition coefficient (Wildman–Crippen LogP) is 5.18. The average molecular weight is 228 g/mol. The van der Waals surface area contributed by atoms with Crippen molar-refractivity contribution in [1.82, 2.24) is 0 Å². The fourth-order valence-electron chi connectivity index (χ4n) is 2.25. The molecule has 0 aliphatic carbocycles. The number of benzene rings is 1. The molecular weight excluding hydrogens is 204 g/mol. The highest BCUT2D eigenvalue weighted by molar-refractivity contribution is 5.58. The molecule has 0 nitrogen and oxygen atoms in total. The Morgan fingerprint density at radius 1 is 1.29 bits per heavy atom. The zero-order chi connectivity index (χ0) is 12.7. The van der Waals surface area contributed by atoms with Crippen LogP contribution in [0.1, 0.15) is 50.3 Å². The monoisotopic (exact) mass is 228 g/mol. The number of allylic oxidation sites excluding steroid dienone is 2. The third kappa shape index (κ3) is 3.89. The highest BCUT2D eigenvalue weighted by Gasteiger charge is 2.04. The fourth-order valence-corrected chi connectivity index (χ4v) is 2.25. The van der Waals surface area contributed by atoms with E-state index in [0.29, 0.717) is 0 Å². The highest BCUT2D eigenvalue weighted by Crippen LogP contribution is 2.20. The molecule has 1 aromatic carbocycles. The third-order valence-corrected chi connectivity index (χ3v) is 3.08. The van der Waals surface area contributed by atoms with E-state index in [1.807, 2.05) is 6.08 Å². The van der Waals surface area contributed by atoms with Gasteiger partial charge in [0, 0.05) is 0 Å². The lowest BCUT2D eigenvalue weighted by Gasteiger charge is -2.10. The third-order valence-electron chi connectivity index (χ3n) is 3.08. The van der Waals surface area contributed by atoms with Crippen LogP contribution < -0.4 is 0 Å². The summed E-state index contributed by atoms with van der Waals surface area (Å²) in [5.74, 6) is 0. The number of hydrogen-bond acceptors (Lipinski definition) is 0. The Morgan fingerprint density at radius 3 is 2.65 bits per heavy atom. The van der Waals surface area contributed by atoms with Gasteiger partial charge < -0.3 is 0 Å². The minimum atomic E-state index is 0.968. The van der Waals surface area contributed by atoms with Crippen molar-refractivity contribution < 1.29 is 0 Å². The van der Waals surface area contributed by atoms with Gasteiger partial charge in [-0.25, -0.2) is 0 Å². The second-order valence-corrected chi connectivity index (χ2v) is 4.57. The maximum atomic E-state index is 3.87. The quantitative estimate of drug-likeness (QED) is 0.588. The van der Waals surface area contributed by atoms with Crippen LogP contribution in [-0.4, -0.2) is 0 Å². The number of rotatable bonds is 6. The van der Waals surface area contributed by atoms with Gasteiger partial charge in [0.05, 0.1) is 0 Å². The van der Waals surface area contributed by atoms with Crippen LogP contribution in [0.3, 0.4) is 0 Å². The first-order chi connectivity index (χ1) is 8.22. The van der Waals surface area contributed by atoms with Crippen LogP contribution in [0.5, 0.6) is 0 Å². The van der Waals surface area contributed by atoms with E-state index in [1.165, 1.54) is 35.1 Å². The van der Waals surface area contributed by atoms with Crippen LogP contribution in [0.15, 0.2) is 36.4 Å². The van der Waals surface area contributed by atoms with Crippen molar-refractivity contribution in [3.63, 3.8) is 0 Å². The Balaban J connectivity index is 3.13. The molecule has 0 unspecified atom stereocenters. The summed E-state index contributed by atoms with van der Waals surface area (Å²) < 4.78 is 0. The second-order valence-electron chi connectivity index (χ2n) is 4.57. The lowest BCUT2D eigenvalue weighted by atomic mass is 9.95. The normalized spacial score (nSPS) is 11.6. The lowest BCUT2D eigenvalue weighted by molar-refractivity contribution is 0.911. The van der Waals surface area contributed by atoms with Gasteiger partial charge >= 0.3 is 0 Å².